The van der Waals surface area contributed by atoms with Crippen LogP contribution in [0.25, 0.3) is 0 Å². The van der Waals surface area contributed by atoms with Crippen molar-refractivity contribution in [2.24, 2.45) is 0 Å². The molecule has 10 nitrogen and oxygen atoms in total. The number of nitrogens with zero attached hydrogens (tertiary/aromatic N) is 4. The van der Waals surface area contributed by atoms with Crippen LogP contribution in [0.15, 0.2) is 24.3 Å². The zero-order valence-corrected chi connectivity index (χ0v) is 11.7. The van der Waals surface area contributed by atoms with Crippen molar-refractivity contribution >= 4 is 11.8 Å². The number of aromatic amines is 1. The second kappa shape index (κ2) is 7.11. The van der Waals surface area contributed by atoms with Crippen LogP contribution >= 0.6 is 0 Å². The average Bonchev–Trinajstić information content (AvgIpc) is 3.01. The van der Waals surface area contributed by atoms with Crippen molar-refractivity contribution in [1.82, 2.24) is 25.9 Å². The summed E-state index contributed by atoms with van der Waals surface area (Å²) < 4.78 is 4.84. The summed E-state index contributed by atoms with van der Waals surface area (Å²) in [6.45, 7) is 1.94. The van der Waals surface area contributed by atoms with Gasteiger partial charge in [-0.25, -0.2) is 9.89 Å². The lowest BCUT2D eigenvalue weighted by Crippen LogP contribution is -2.31. The van der Waals surface area contributed by atoms with Gasteiger partial charge in [-0.2, -0.15) is 0 Å². The van der Waals surface area contributed by atoms with Gasteiger partial charge in [-0.15, -0.1) is 5.10 Å². The highest BCUT2D eigenvalue weighted by molar-refractivity contribution is 5.67. The molecule has 10 heteroatoms. The summed E-state index contributed by atoms with van der Waals surface area (Å²) in [5.41, 5.74) is 0.781. The van der Waals surface area contributed by atoms with Crippen LogP contribution in [0, 0.1) is 10.1 Å². The summed E-state index contributed by atoms with van der Waals surface area (Å²) in [6.07, 6.45) is -0.237. The first kappa shape index (κ1) is 15.4. The lowest BCUT2D eigenvalue weighted by Gasteiger charge is -2.15. The van der Waals surface area contributed by atoms with Crippen LogP contribution in [0.2, 0.25) is 0 Å². The summed E-state index contributed by atoms with van der Waals surface area (Å²) in [5.74, 6) is 0.367. The number of carbonyl (C=O) groups is 1. The number of hydrogen-bond acceptors (Lipinski definition) is 7. The maximum absolute atomic E-state index is 11.6. The third-order valence-corrected chi connectivity index (χ3v) is 2.85. The van der Waals surface area contributed by atoms with Crippen molar-refractivity contribution < 1.29 is 14.5 Å². The van der Waals surface area contributed by atoms with Crippen LogP contribution in [0.4, 0.5) is 10.5 Å². The minimum absolute atomic E-state index is 0.0000150. The van der Waals surface area contributed by atoms with Crippen LogP contribution in [0.3, 0.4) is 0 Å². The first-order valence-electron chi connectivity index (χ1n) is 6.50. The van der Waals surface area contributed by atoms with Gasteiger partial charge in [-0.05, 0) is 22.9 Å². The predicted molar refractivity (Wildman–Crippen MR) is 73.9 cm³/mol. The number of non-ortho nitro benzene ring substituents is 1. The molecular formula is C12H14N6O4. The Morgan fingerprint density at radius 1 is 1.45 bits per heavy atom. The van der Waals surface area contributed by atoms with E-state index in [9.17, 15) is 14.9 Å². The van der Waals surface area contributed by atoms with E-state index in [4.69, 9.17) is 4.74 Å². The van der Waals surface area contributed by atoms with Crippen LogP contribution in [0.1, 0.15) is 24.4 Å². The number of rotatable bonds is 6. The van der Waals surface area contributed by atoms with E-state index in [0.29, 0.717) is 12.2 Å². The number of benzene rings is 1. The summed E-state index contributed by atoms with van der Waals surface area (Å²) in [6, 6.07) is 5.49. The fourth-order valence-corrected chi connectivity index (χ4v) is 1.83. The summed E-state index contributed by atoms with van der Waals surface area (Å²) in [7, 11) is 0. The topological polar surface area (TPSA) is 136 Å². The molecule has 1 unspecified atom stereocenters. The molecule has 2 rings (SSSR count). The van der Waals surface area contributed by atoms with Crippen LogP contribution < -0.4 is 5.32 Å². The lowest BCUT2D eigenvalue weighted by molar-refractivity contribution is -0.384. The largest absolute Gasteiger partial charge is 0.450 e. The first-order chi connectivity index (χ1) is 10.6. The van der Waals surface area contributed by atoms with Gasteiger partial charge in [0.25, 0.3) is 5.69 Å². The maximum atomic E-state index is 11.6. The zero-order chi connectivity index (χ0) is 15.9. The van der Waals surface area contributed by atoms with Crippen molar-refractivity contribution in [1.29, 1.82) is 0 Å². The number of alkyl carbamates (subject to hydrolysis) is 1. The number of nitro groups is 1. The quantitative estimate of drug-likeness (QED) is 0.603. The average molecular weight is 306 g/mol. The van der Waals surface area contributed by atoms with Crippen LogP contribution in [0.5, 0.6) is 0 Å². The molecule has 116 valence electrons. The van der Waals surface area contributed by atoms with Crippen molar-refractivity contribution in [2.45, 2.75) is 19.4 Å². The fourth-order valence-electron chi connectivity index (χ4n) is 1.83. The molecule has 0 aliphatic rings. The van der Waals surface area contributed by atoms with Gasteiger partial charge in [0.2, 0.25) is 0 Å². The number of ether oxygens (including phenoxy) is 1. The fraction of sp³-hybridized carbons (Fsp3) is 0.333. The van der Waals surface area contributed by atoms with Gasteiger partial charge in [-0.3, -0.25) is 10.1 Å². The molecule has 0 aliphatic heterocycles. The Labute approximate surface area is 125 Å². The molecule has 0 bridgehead atoms. The van der Waals surface area contributed by atoms with Gasteiger partial charge in [0, 0.05) is 18.6 Å². The molecule has 22 heavy (non-hydrogen) atoms. The molecule has 0 saturated heterocycles. The Bertz CT molecular complexity index is 628. The van der Waals surface area contributed by atoms with Crippen molar-refractivity contribution in [2.75, 3.05) is 6.61 Å². The molecule has 1 aromatic carbocycles. The number of amides is 1. The summed E-state index contributed by atoms with van der Waals surface area (Å²) >= 11 is 0. The van der Waals surface area contributed by atoms with Crippen LogP contribution in [-0.4, -0.2) is 38.2 Å². The molecule has 2 N–H and O–H groups in total. The smallest absolute Gasteiger partial charge is 0.407 e. The molecule has 1 atom stereocenters. The molecule has 0 saturated carbocycles. The second-order valence-electron chi connectivity index (χ2n) is 4.33. The zero-order valence-electron chi connectivity index (χ0n) is 11.7. The van der Waals surface area contributed by atoms with Gasteiger partial charge in [0.1, 0.15) is 0 Å². The number of aromatic nitrogens is 4. The number of hydrogen-bond donors (Lipinski definition) is 2. The number of nitrogens with one attached hydrogen (secondary N) is 2. The SMILES string of the molecule is CCOC(=O)NC(Cc1ccc([N+](=O)[O-])cc1)c1nnn[nH]1. The Morgan fingerprint density at radius 3 is 2.73 bits per heavy atom. The Balaban J connectivity index is 2.12. The molecule has 2 aromatic rings. The molecule has 0 spiro atoms. The monoisotopic (exact) mass is 306 g/mol. The molecule has 1 heterocycles. The molecule has 0 aliphatic carbocycles. The maximum Gasteiger partial charge on any atom is 0.407 e. The molecule has 0 fully saturated rings. The lowest BCUT2D eigenvalue weighted by atomic mass is 10.1. The highest BCUT2D eigenvalue weighted by Gasteiger charge is 2.19. The third-order valence-electron chi connectivity index (χ3n) is 2.85. The second-order valence-corrected chi connectivity index (χ2v) is 4.33. The van der Waals surface area contributed by atoms with Crippen molar-refractivity contribution in [3.63, 3.8) is 0 Å². The Kier molecular flexibility index (Phi) is 4.96. The predicted octanol–water partition coefficient (Wildman–Crippen LogP) is 1.14. The van der Waals surface area contributed by atoms with Crippen LogP contribution in [-0.2, 0) is 11.2 Å². The number of tetrazole rings is 1. The van der Waals surface area contributed by atoms with E-state index in [0.717, 1.165) is 5.56 Å². The van der Waals surface area contributed by atoms with Crippen molar-refractivity contribution in [3.8, 4) is 0 Å². The summed E-state index contributed by atoms with van der Waals surface area (Å²) in [5, 5.41) is 26.6. The molecule has 1 amide bonds. The van der Waals surface area contributed by atoms with E-state index < -0.39 is 17.1 Å². The van der Waals surface area contributed by atoms with Gasteiger partial charge in [0.15, 0.2) is 5.82 Å². The van der Waals surface area contributed by atoms with Gasteiger partial charge in [0.05, 0.1) is 17.6 Å². The van der Waals surface area contributed by atoms with Crippen molar-refractivity contribution in [3.05, 3.63) is 45.8 Å². The van der Waals surface area contributed by atoms with E-state index in [1.54, 1.807) is 19.1 Å². The van der Waals surface area contributed by atoms with E-state index in [1.807, 2.05) is 0 Å². The van der Waals surface area contributed by atoms with Gasteiger partial charge in [-0.1, -0.05) is 12.1 Å². The minimum Gasteiger partial charge on any atom is -0.450 e. The number of carbonyl (C=O) groups excluding carboxylic acids is 1. The molecule has 0 radical (unpaired) electrons. The molecule has 1 aromatic heterocycles. The first-order valence-corrected chi connectivity index (χ1v) is 6.50. The normalized spacial score (nSPS) is 11.7. The third kappa shape index (κ3) is 3.98. The Hall–Kier alpha value is -3.04. The highest BCUT2D eigenvalue weighted by Crippen LogP contribution is 2.18. The summed E-state index contributed by atoms with van der Waals surface area (Å²) in [4.78, 5) is 21.7. The Morgan fingerprint density at radius 2 is 2.18 bits per heavy atom. The van der Waals surface area contributed by atoms with E-state index in [-0.39, 0.29) is 12.3 Å². The van der Waals surface area contributed by atoms with E-state index in [2.05, 4.69) is 25.9 Å². The number of nitro benzene ring substituents is 1. The minimum atomic E-state index is -0.592. The van der Waals surface area contributed by atoms with Gasteiger partial charge >= 0.3 is 6.09 Å². The van der Waals surface area contributed by atoms with E-state index in [1.165, 1.54) is 12.1 Å². The van der Waals surface area contributed by atoms with E-state index >= 15 is 0 Å². The molecular weight excluding hydrogens is 292 g/mol. The highest BCUT2D eigenvalue weighted by atomic mass is 16.6. The number of H-pyrrole nitrogens is 1. The van der Waals surface area contributed by atoms with Gasteiger partial charge < -0.3 is 10.1 Å². The standard InChI is InChI=1S/C12H14N6O4/c1-2-22-12(19)13-10(11-14-16-17-15-11)7-8-3-5-9(6-4-8)18(20)21/h3-6,10H,2,7H2,1H3,(H,13,19)(H,14,15,16,17).